The zero-order valence-electron chi connectivity index (χ0n) is 12.8. The molecule has 0 aliphatic carbocycles. The van der Waals surface area contributed by atoms with Crippen LogP contribution >= 0.6 is 0 Å². The fourth-order valence-electron chi connectivity index (χ4n) is 1.86. The standard InChI is InChI=1S/C16H18N4O4/c21-13(15(23)19-9-11-5-1-3-7-17-11)14(22)16(24)20-10-12-6-2-4-8-18-12/h1-8,13-14,21-22H,9-10H2,(H,19,23)(H,20,24)/t13-,14-/m1/s1. The molecule has 4 N–H and O–H groups in total. The zero-order chi connectivity index (χ0) is 17.4. The first kappa shape index (κ1) is 17.5. The Morgan fingerprint density at radius 3 is 1.58 bits per heavy atom. The minimum atomic E-state index is -1.88. The maximum atomic E-state index is 11.8. The van der Waals surface area contributed by atoms with E-state index in [1.165, 1.54) is 0 Å². The molecular weight excluding hydrogens is 312 g/mol. The Morgan fingerprint density at radius 2 is 1.25 bits per heavy atom. The van der Waals surface area contributed by atoms with Crippen molar-refractivity contribution in [3.63, 3.8) is 0 Å². The minimum Gasteiger partial charge on any atom is -0.380 e. The molecule has 2 heterocycles. The molecule has 2 aromatic rings. The largest absolute Gasteiger partial charge is 0.380 e. The van der Waals surface area contributed by atoms with E-state index in [0.717, 1.165) is 0 Å². The lowest BCUT2D eigenvalue weighted by Gasteiger charge is -2.17. The molecule has 8 nitrogen and oxygen atoms in total. The minimum absolute atomic E-state index is 0.0823. The number of carbonyl (C=O) groups excluding carboxylic acids is 2. The Kier molecular flexibility index (Phi) is 6.35. The summed E-state index contributed by atoms with van der Waals surface area (Å²) in [6.07, 6.45) is -0.620. The van der Waals surface area contributed by atoms with E-state index < -0.39 is 24.0 Å². The van der Waals surface area contributed by atoms with Crippen LogP contribution in [0.2, 0.25) is 0 Å². The molecule has 2 aromatic heterocycles. The highest BCUT2D eigenvalue weighted by atomic mass is 16.3. The smallest absolute Gasteiger partial charge is 0.252 e. The molecule has 8 heteroatoms. The number of aliphatic hydroxyl groups excluding tert-OH is 2. The van der Waals surface area contributed by atoms with Crippen molar-refractivity contribution < 1.29 is 19.8 Å². The van der Waals surface area contributed by atoms with Crippen LogP contribution in [0.4, 0.5) is 0 Å². The van der Waals surface area contributed by atoms with Gasteiger partial charge in [-0.2, -0.15) is 0 Å². The summed E-state index contributed by atoms with van der Waals surface area (Å²) in [7, 11) is 0. The molecule has 0 aromatic carbocycles. The average molecular weight is 330 g/mol. The van der Waals surface area contributed by atoms with E-state index in [2.05, 4.69) is 20.6 Å². The maximum absolute atomic E-state index is 11.8. The molecule has 126 valence electrons. The SMILES string of the molecule is O=C(NCc1ccccn1)[C@H](O)[C@@H](O)C(=O)NCc1ccccn1. The third-order valence-corrected chi connectivity index (χ3v) is 3.18. The number of hydrogen-bond acceptors (Lipinski definition) is 6. The van der Waals surface area contributed by atoms with E-state index in [0.29, 0.717) is 11.4 Å². The van der Waals surface area contributed by atoms with Crippen molar-refractivity contribution in [3.8, 4) is 0 Å². The summed E-state index contributed by atoms with van der Waals surface area (Å²) in [6.45, 7) is 0.165. The van der Waals surface area contributed by atoms with Gasteiger partial charge < -0.3 is 20.8 Å². The van der Waals surface area contributed by atoms with Gasteiger partial charge in [-0.3, -0.25) is 19.6 Å². The van der Waals surface area contributed by atoms with Crippen LogP contribution < -0.4 is 10.6 Å². The van der Waals surface area contributed by atoms with Crippen LogP contribution in [0.3, 0.4) is 0 Å². The number of carbonyl (C=O) groups is 2. The van der Waals surface area contributed by atoms with Crippen molar-refractivity contribution in [2.45, 2.75) is 25.3 Å². The van der Waals surface area contributed by atoms with Crippen LogP contribution in [0.15, 0.2) is 48.8 Å². The highest BCUT2D eigenvalue weighted by Crippen LogP contribution is 1.99. The summed E-state index contributed by atoms with van der Waals surface area (Å²) in [5.41, 5.74) is 1.18. The fourth-order valence-corrected chi connectivity index (χ4v) is 1.86. The molecule has 0 spiro atoms. The van der Waals surface area contributed by atoms with Crippen LogP contribution in [-0.2, 0) is 22.7 Å². The Bertz CT molecular complexity index is 607. The number of hydrogen-bond donors (Lipinski definition) is 4. The van der Waals surface area contributed by atoms with Gasteiger partial charge in [0.1, 0.15) is 0 Å². The molecule has 2 atom stereocenters. The summed E-state index contributed by atoms with van der Waals surface area (Å²) in [5, 5.41) is 24.4. The van der Waals surface area contributed by atoms with Crippen molar-refractivity contribution in [2.24, 2.45) is 0 Å². The van der Waals surface area contributed by atoms with Crippen molar-refractivity contribution in [3.05, 3.63) is 60.2 Å². The third-order valence-electron chi connectivity index (χ3n) is 3.18. The van der Waals surface area contributed by atoms with Gasteiger partial charge in [0.2, 0.25) is 0 Å². The number of aromatic nitrogens is 2. The van der Waals surface area contributed by atoms with Crippen molar-refractivity contribution >= 4 is 11.8 Å². The number of nitrogens with one attached hydrogen (secondary N) is 2. The van der Waals surface area contributed by atoms with Gasteiger partial charge in [0.05, 0.1) is 24.5 Å². The maximum Gasteiger partial charge on any atom is 0.252 e. The molecule has 2 rings (SSSR count). The highest BCUT2D eigenvalue weighted by molar-refractivity contribution is 5.90. The quantitative estimate of drug-likeness (QED) is 0.523. The Labute approximate surface area is 138 Å². The van der Waals surface area contributed by atoms with Crippen molar-refractivity contribution in [1.82, 2.24) is 20.6 Å². The van der Waals surface area contributed by atoms with Gasteiger partial charge in [-0.25, -0.2) is 0 Å². The fraction of sp³-hybridized carbons (Fsp3) is 0.250. The first-order valence-corrected chi connectivity index (χ1v) is 7.29. The Morgan fingerprint density at radius 1 is 0.833 bits per heavy atom. The molecule has 24 heavy (non-hydrogen) atoms. The van der Waals surface area contributed by atoms with Gasteiger partial charge in [0.15, 0.2) is 12.2 Å². The summed E-state index contributed by atoms with van der Waals surface area (Å²) in [6, 6.07) is 10.4. The topological polar surface area (TPSA) is 124 Å². The van der Waals surface area contributed by atoms with Crippen LogP contribution in [0, 0.1) is 0 Å². The van der Waals surface area contributed by atoms with Gasteiger partial charge in [0, 0.05) is 12.4 Å². The van der Waals surface area contributed by atoms with Gasteiger partial charge in [-0.05, 0) is 24.3 Å². The van der Waals surface area contributed by atoms with Crippen LogP contribution in [0.25, 0.3) is 0 Å². The molecule has 2 amide bonds. The summed E-state index contributed by atoms with van der Waals surface area (Å²) in [4.78, 5) is 31.6. The second kappa shape index (κ2) is 8.70. The summed E-state index contributed by atoms with van der Waals surface area (Å²) in [5.74, 6) is -1.72. The highest BCUT2D eigenvalue weighted by Gasteiger charge is 2.30. The zero-order valence-corrected chi connectivity index (χ0v) is 12.8. The molecule has 0 aliphatic heterocycles. The summed E-state index contributed by atoms with van der Waals surface area (Å²) >= 11 is 0. The van der Waals surface area contributed by atoms with E-state index in [1.54, 1.807) is 48.8 Å². The lowest BCUT2D eigenvalue weighted by molar-refractivity contribution is -0.146. The molecule has 0 saturated carbocycles. The molecule has 0 unspecified atom stereocenters. The van der Waals surface area contributed by atoms with Crippen molar-refractivity contribution in [2.75, 3.05) is 0 Å². The van der Waals surface area contributed by atoms with Gasteiger partial charge in [-0.15, -0.1) is 0 Å². The predicted molar refractivity (Wildman–Crippen MR) is 84.2 cm³/mol. The molecule has 0 bridgehead atoms. The van der Waals surface area contributed by atoms with Crippen LogP contribution in [0.1, 0.15) is 11.4 Å². The van der Waals surface area contributed by atoms with Crippen LogP contribution in [-0.4, -0.2) is 44.2 Å². The van der Waals surface area contributed by atoms with E-state index in [-0.39, 0.29) is 13.1 Å². The van der Waals surface area contributed by atoms with E-state index in [9.17, 15) is 19.8 Å². The van der Waals surface area contributed by atoms with Gasteiger partial charge in [0.25, 0.3) is 11.8 Å². The lowest BCUT2D eigenvalue weighted by atomic mass is 10.1. The number of rotatable bonds is 7. The van der Waals surface area contributed by atoms with Gasteiger partial charge in [-0.1, -0.05) is 12.1 Å². The number of aliphatic hydroxyl groups is 2. The summed E-state index contributed by atoms with van der Waals surface area (Å²) < 4.78 is 0. The normalized spacial score (nSPS) is 12.9. The van der Waals surface area contributed by atoms with E-state index >= 15 is 0 Å². The second-order valence-electron chi connectivity index (χ2n) is 4.97. The number of nitrogens with zero attached hydrogens (tertiary/aromatic N) is 2. The second-order valence-corrected chi connectivity index (χ2v) is 4.97. The Hall–Kier alpha value is -2.84. The molecule has 0 saturated heterocycles. The lowest BCUT2D eigenvalue weighted by Crippen LogP contribution is -2.49. The first-order valence-electron chi connectivity index (χ1n) is 7.29. The molecule has 0 aliphatic rings. The average Bonchev–Trinajstić information content (AvgIpc) is 2.64. The first-order chi connectivity index (χ1) is 11.6. The molecular formula is C16H18N4O4. The number of amides is 2. The van der Waals surface area contributed by atoms with Crippen LogP contribution in [0.5, 0.6) is 0 Å². The van der Waals surface area contributed by atoms with E-state index in [4.69, 9.17) is 0 Å². The Balaban J connectivity index is 1.80. The van der Waals surface area contributed by atoms with Crippen molar-refractivity contribution in [1.29, 1.82) is 0 Å². The predicted octanol–water partition coefficient (Wildman–Crippen LogP) is -0.869. The molecule has 0 radical (unpaired) electrons. The monoisotopic (exact) mass is 330 g/mol. The third kappa shape index (κ3) is 5.11. The number of pyridine rings is 2. The molecule has 0 fully saturated rings. The van der Waals surface area contributed by atoms with Gasteiger partial charge >= 0.3 is 0 Å². The van der Waals surface area contributed by atoms with E-state index in [1.807, 2.05) is 0 Å².